The molecule has 2 rings (SSSR count). The number of hydrogen-bond acceptors (Lipinski definition) is 2. The van der Waals surface area contributed by atoms with E-state index in [0.717, 1.165) is 29.9 Å². The number of likely N-dealkylation sites (N-methyl/N-ethyl adjacent to an activating group) is 1. The molecule has 1 aromatic carbocycles. The van der Waals surface area contributed by atoms with Gasteiger partial charge in [-0.2, -0.15) is 5.10 Å². The van der Waals surface area contributed by atoms with Gasteiger partial charge < -0.3 is 5.32 Å². The molecule has 0 radical (unpaired) electrons. The van der Waals surface area contributed by atoms with E-state index in [1.54, 1.807) is 16.8 Å². The third-order valence-electron chi connectivity index (χ3n) is 3.22. The molecule has 1 N–H and O–H groups in total. The van der Waals surface area contributed by atoms with E-state index < -0.39 is 0 Å². The number of aryl methyl sites for hydroxylation is 1. The highest BCUT2D eigenvalue weighted by molar-refractivity contribution is 6.32. The minimum atomic E-state index is -0.363. The zero-order valence-electron chi connectivity index (χ0n) is 11.3. The highest BCUT2D eigenvalue weighted by Gasteiger charge is 2.17. The third-order valence-corrected chi connectivity index (χ3v) is 3.52. The number of rotatable bonds is 4. The van der Waals surface area contributed by atoms with Gasteiger partial charge in [-0.15, -0.1) is 0 Å². The highest BCUT2D eigenvalue weighted by atomic mass is 35.5. The van der Waals surface area contributed by atoms with Crippen molar-refractivity contribution < 1.29 is 4.39 Å². The van der Waals surface area contributed by atoms with E-state index in [-0.39, 0.29) is 5.82 Å². The van der Waals surface area contributed by atoms with Crippen molar-refractivity contribution in [3.63, 3.8) is 0 Å². The van der Waals surface area contributed by atoms with Crippen molar-refractivity contribution in [2.24, 2.45) is 0 Å². The fourth-order valence-corrected chi connectivity index (χ4v) is 2.44. The van der Waals surface area contributed by atoms with Crippen molar-refractivity contribution in [2.45, 2.75) is 20.3 Å². The second-order valence-corrected chi connectivity index (χ2v) is 4.89. The van der Waals surface area contributed by atoms with Crippen molar-refractivity contribution >= 4 is 11.6 Å². The molecule has 0 unspecified atom stereocenters. The molecule has 0 aliphatic carbocycles. The number of hydrogen-bond donors (Lipinski definition) is 1. The fourth-order valence-electron chi connectivity index (χ4n) is 2.20. The molecule has 0 spiro atoms. The Morgan fingerprint density at radius 3 is 2.74 bits per heavy atom. The molecule has 0 bridgehead atoms. The van der Waals surface area contributed by atoms with Gasteiger partial charge in [0.15, 0.2) is 0 Å². The van der Waals surface area contributed by atoms with E-state index in [4.69, 9.17) is 11.6 Å². The molecule has 0 aliphatic rings. The van der Waals surface area contributed by atoms with Crippen molar-refractivity contribution in [2.75, 3.05) is 13.6 Å². The summed E-state index contributed by atoms with van der Waals surface area (Å²) in [5.74, 6) is -0.363. The quantitative estimate of drug-likeness (QED) is 0.933. The van der Waals surface area contributed by atoms with E-state index in [1.807, 2.05) is 20.9 Å². The van der Waals surface area contributed by atoms with E-state index in [9.17, 15) is 4.39 Å². The van der Waals surface area contributed by atoms with Gasteiger partial charge in [0.25, 0.3) is 0 Å². The summed E-state index contributed by atoms with van der Waals surface area (Å²) in [7, 11) is 1.91. The summed E-state index contributed by atoms with van der Waals surface area (Å²) >= 11 is 6.09. The minimum absolute atomic E-state index is 0.320. The summed E-state index contributed by atoms with van der Waals surface area (Å²) in [5.41, 5.74) is 3.29. The van der Waals surface area contributed by atoms with Crippen LogP contribution in [0, 0.1) is 19.7 Å². The first-order valence-corrected chi connectivity index (χ1v) is 6.58. The lowest BCUT2D eigenvalue weighted by Crippen LogP contribution is -2.11. The van der Waals surface area contributed by atoms with Crippen LogP contribution in [0.1, 0.15) is 17.0 Å². The van der Waals surface area contributed by atoms with Gasteiger partial charge in [-0.25, -0.2) is 9.07 Å². The molecule has 2 aromatic rings. The van der Waals surface area contributed by atoms with E-state index in [2.05, 4.69) is 10.4 Å². The fraction of sp³-hybridized carbons (Fsp3) is 0.357. The molecule has 3 nitrogen and oxygen atoms in total. The van der Waals surface area contributed by atoms with Crippen LogP contribution in [-0.2, 0) is 6.42 Å². The summed E-state index contributed by atoms with van der Waals surface area (Å²) in [6.45, 7) is 4.73. The van der Waals surface area contributed by atoms with Crippen molar-refractivity contribution in [3.05, 3.63) is 46.0 Å². The number of benzene rings is 1. The number of nitrogens with one attached hydrogen (secondary N) is 1. The van der Waals surface area contributed by atoms with E-state index in [0.29, 0.717) is 10.7 Å². The monoisotopic (exact) mass is 281 g/mol. The lowest BCUT2D eigenvalue weighted by molar-refractivity contribution is 0.608. The van der Waals surface area contributed by atoms with Gasteiger partial charge in [0, 0.05) is 5.69 Å². The third kappa shape index (κ3) is 2.65. The number of halogens is 2. The lowest BCUT2D eigenvalue weighted by atomic mass is 10.1. The first-order chi connectivity index (χ1) is 9.06. The Hall–Kier alpha value is -1.39. The Morgan fingerprint density at radius 1 is 1.37 bits per heavy atom. The predicted octanol–water partition coefficient (Wildman–Crippen LogP) is 3.04. The molecular weight excluding hydrogens is 265 g/mol. The average molecular weight is 282 g/mol. The first-order valence-electron chi connectivity index (χ1n) is 6.20. The Morgan fingerprint density at radius 2 is 2.11 bits per heavy atom. The zero-order valence-corrected chi connectivity index (χ0v) is 12.1. The standard InChI is InChI=1S/C14H17ClFN3/c1-9-11(7-8-17-3)10(2)19(18-9)14-12(15)5-4-6-13(14)16/h4-6,17H,7-8H2,1-3H3. The molecule has 0 saturated carbocycles. The molecule has 102 valence electrons. The average Bonchev–Trinajstić information content (AvgIpc) is 2.63. The van der Waals surface area contributed by atoms with Crippen LogP contribution >= 0.6 is 11.6 Å². The number of nitrogens with zero attached hydrogens (tertiary/aromatic N) is 2. The van der Waals surface area contributed by atoms with Crippen LogP contribution in [0.5, 0.6) is 0 Å². The zero-order chi connectivity index (χ0) is 14.0. The van der Waals surface area contributed by atoms with Gasteiger partial charge in [0.1, 0.15) is 11.5 Å². The van der Waals surface area contributed by atoms with Crippen LogP contribution in [0.2, 0.25) is 5.02 Å². The summed E-state index contributed by atoms with van der Waals surface area (Å²) in [4.78, 5) is 0. The minimum Gasteiger partial charge on any atom is -0.319 e. The molecule has 1 heterocycles. The maximum absolute atomic E-state index is 14.0. The summed E-state index contributed by atoms with van der Waals surface area (Å²) in [6.07, 6.45) is 0.861. The molecule has 0 atom stereocenters. The molecule has 0 amide bonds. The van der Waals surface area contributed by atoms with Gasteiger partial charge in [0.05, 0.1) is 10.7 Å². The maximum Gasteiger partial charge on any atom is 0.150 e. The Kier molecular flexibility index (Phi) is 4.22. The molecule has 5 heteroatoms. The molecule has 0 saturated heterocycles. The summed E-state index contributed by atoms with van der Waals surface area (Å²) in [6, 6.07) is 4.66. The Labute approximate surface area is 117 Å². The van der Waals surface area contributed by atoms with Crippen molar-refractivity contribution in [1.82, 2.24) is 15.1 Å². The predicted molar refractivity (Wildman–Crippen MR) is 75.6 cm³/mol. The van der Waals surface area contributed by atoms with E-state index in [1.165, 1.54) is 6.07 Å². The second-order valence-electron chi connectivity index (χ2n) is 4.48. The van der Waals surface area contributed by atoms with Gasteiger partial charge in [-0.1, -0.05) is 17.7 Å². The summed E-state index contributed by atoms with van der Waals surface area (Å²) < 4.78 is 15.5. The van der Waals surface area contributed by atoms with Crippen LogP contribution in [0.3, 0.4) is 0 Å². The topological polar surface area (TPSA) is 29.9 Å². The van der Waals surface area contributed by atoms with Crippen molar-refractivity contribution in [1.29, 1.82) is 0 Å². The van der Waals surface area contributed by atoms with Crippen LogP contribution in [-0.4, -0.2) is 23.4 Å². The normalized spacial score (nSPS) is 11.0. The molecular formula is C14H17ClFN3. The van der Waals surface area contributed by atoms with Crippen molar-refractivity contribution in [3.8, 4) is 5.69 Å². The van der Waals surface area contributed by atoms with Crippen LogP contribution in [0.25, 0.3) is 5.69 Å². The maximum atomic E-state index is 14.0. The molecule has 1 aromatic heterocycles. The number of aromatic nitrogens is 2. The van der Waals surface area contributed by atoms with Crippen LogP contribution in [0.15, 0.2) is 18.2 Å². The smallest absolute Gasteiger partial charge is 0.150 e. The Bertz CT molecular complexity index is 572. The van der Waals surface area contributed by atoms with Crippen LogP contribution in [0.4, 0.5) is 4.39 Å². The number of para-hydroxylation sites is 1. The highest BCUT2D eigenvalue weighted by Crippen LogP contribution is 2.26. The van der Waals surface area contributed by atoms with Gasteiger partial charge in [-0.05, 0) is 51.6 Å². The first kappa shape index (κ1) is 14.0. The van der Waals surface area contributed by atoms with Gasteiger partial charge >= 0.3 is 0 Å². The lowest BCUT2D eigenvalue weighted by Gasteiger charge is -2.08. The summed E-state index contributed by atoms with van der Waals surface area (Å²) in [5, 5.41) is 7.89. The second kappa shape index (κ2) is 5.72. The molecule has 19 heavy (non-hydrogen) atoms. The molecule has 0 aliphatic heterocycles. The molecule has 0 fully saturated rings. The Balaban J connectivity index is 2.52. The largest absolute Gasteiger partial charge is 0.319 e. The van der Waals surface area contributed by atoms with Gasteiger partial charge in [0.2, 0.25) is 0 Å². The SMILES string of the molecule is CNCCc1c(C)nn(-c2c(F)cccc2Cl)c1C. The van der Waals surface area contributed by atoms with Gasteiger partial charge in [-0.3, -0.25) is 0 Å². The van der Waals surface area contributed by atoms with E-state index >= 15 is 0 Å². The van der Waals surface area contributed by atoms with Crippen LogP contribution < -0.4 is 5.32 Å².